The van der Waals surface area contributed by atoms with Crippen molar-refractivity contribution in [1.29, 1.82) is 0 Å². The van der Waals surface area contributed by atoms with E-state index in [9.17, 15) is 0 Å². The van der Waals surface area contributed by atoms with Crippen LogP contribution in [0.25, 0.3) is 11.1 Å². The molecule has 0 saturated heterocycles. The first-order valence-electron chi connectivity index (χ1n) is 5.48. The Morgan fingerprint density at radius 2 is 1.56 bits per heavy atom. The number of nitrogens with zero attached hydrogens (tertiary/aromatic N) is 1. The number of rotatable bonds is 2. The number of nitrogen functional groups attached to an aromatic ring is 1. The zero-order chi connectivity index (χ0) is 11.5. The molecule has 2 heteroatoms. The van der Waals surface area contributed by atoms with Crippen molar-refractivity contribution in [2.45, 2.75) is 19.8 Å². The molecule has 2 rings (SSSR count). The van der Waals surface area contributed by atoms with E-state index in [1.807, 2.05) is 12.1 Å². The van der Waals surface area contributed by atoms with Crippen LogP contribution in [0.3, 0.4) is 0 Å². The molecule has 2 N–H and O–H groups in total. The van der Waals surface area contributed by atoms with E-state index >= 15 is 0 Å². The third-order valence-corrected chi connectivity index (χ3v) is 2.70. The normalized spacial score (nSPS) is 10.7. The molecule has 0 aliphatic heterocycles. The summed E-state index contributed by atoms with van der Waals surface area (Å²) in [4.78, 5) is 4.09. The van der Waals surface area contributed by atoms with Gasteiger partial charge in [0.05, 0.1) is 0 Å². The minimum Gasteiger partial charge on any atom is -0.384 e. The van der Waals surface area contributed by atoms with Crippen molar-refractivity contribution in [3.8, 4) is 11.1 Å². The van der Waals surface area contributed by atoms with Gasteiger partial charge in [-0.2, -0.15) is 0 Å². The van der Waals surface area contributed by atoms with E-state index in [0.29, 0.717) is 11.7 Å². The fourth-order valence-electron chi connectivity index (χ4n) is 1.64. The lowest BCUT2D eigenvalue weighted by Gasteiger charge is -2.06. The zero-order valence-electron chi connectivity index (χ0n) is 9.64. The number of pyridine rings is 1. The highest BCUT2D eigenvalue weighted by Gasteiger charge is 2.01. The number of anilines is 1. The molecule has 1 heterocycles. The molecule has 82 valence electrons. The van der Waals surface area contributed by atoms with Gasteiger partial charge >= 0.3 is 0 Å². The maximum atomic E-state index is 5.56. The second-order valence-electron chi connectivity index (χ2n) is 4.25. The Hall–Kier alpha value is -1.83. The smallest absolute Gasteiger partial charge is 0.123 e. The van der Waals surface area contributed by atoms with Gasteiger partial charge in [0, 0.05) is 11.8 Å². The Morgan fingerprint density at radius 1 is 0.938 bits per heavy atom. The molecule has 0 aliphatic rings. The monoisotopic (exact) mass is 212 g/mol. The van der Waals surface area contributed by atoms with Crippen molar-refractivity contribution in [3.05, 3.63) is 48.2 Å². The van der Waals surface area contributed by atoms with Crippen molar-refractivity contribution in [3.63, 3.8) is 0 Å². The summed E-state index contributed by atoms with van der Waals surface area (Å²) >= 11 is 0. The molecule has 0 spiro atoms. The number of aromatic nitrogens is 1. The van der Waals surface area contributed by atoms with Gasteiger partial charge in [0.1, 0.15) is 5.82 Å². The van der Waals surface area contributed by atoms with Gasteiger partial charge in [0.15, 0.2) is 0 Å². The van der Waals surface area contributed by atoms with Crippen LogP contribution in [0.4, 0.5) is 5.82 Å². The Kier molecular flexibility index (Phi) is 2.91. The summed E-state index contributed by atoms with van der Waals surface area (Å²) < 4.78 is 0. The lowest BCUT2D eigenvalue weighted by atomic mass is 9.99. The van der Waals surface area contributed by atoms with Crippen molar-refractivity contribution in [2.24, 2.45) is 0 Å². The number of nitrogens with two attached hydrogens (primary N) is 1. The molecule has 2 aromatic rings. The predicted octanol–water partition coefficient (Wildman–Crippen LogP) is 3.45. The summed E-state index contributed by atoms with van der Waals surface area (Å²) in [5.41, 5.74) is 9.19. The first-order chi connectivity index (χ1) is 7.66. The maximum absolute atomic E-state index is 5.56. The molecule has 1 aromatic carbocycles. The Morgan fingerprint density at radius 3 is 2.06 bits per heavy atom. The van der Waals surface area contributed by atoms with Crippen LogP contribution in [-0.2, 0) is 0 Å². The lowest BCUT2D eigenvalue weighted by Crippen LogP contribution is -1.90. The van der Waals surface area contributed by atoms with Crippen LogP contribution < -0.4 is 5.73 Å². The van der Waals surface area contributed by atoms with E-state index in [1.54, 1.807) is 6.20 Å². The van der Waals surface area contributed by atoms with Crippen LogP contribution in [0.1, 0.15) is 25.3 Å². The zero-order valence-corrected chi connectivity index (χ0v) is 9.64. The molecular weight excluding hydrogens is 196 g/mol. The summed E-state index contributed by atoms with van der Waals surface area (Å²) in [6.45, 7) is 4.39. The molecule has 0 unspecified atom stereocenters. The highest BCUT2D eigenvalue weighted by molar-refractivity contribution is 5.63. The molecule has 0 atom stereocenters. The van der Waals surface area contributed by atoms with E-state index < -0.39 is 0 Å². The van der Waals surface area contributed by atoms with Crippen molar-refractivity contribution < 1.29 is 0 Å². The van der Waals surface area contributed by atoms with Gasteiger partial charge in [-0.1, -0.05) is 38.1 Å². The van der Waals surface area contributed by atoms with Gasteiger partial charge in [-0.05, 0) is 29.2 Å². The van der Waals surface area contributed by atoms with E-state index in [4.69, 9.17) is 5.73 Å². The highest BCUT2D eigenvalue weighted by atomic mass is 14.8. The van der Waals surface area contributed by atoms with Crippen molar-refractivity contribution in [1.82, 2.24) is 4.98 Å². The predicted molar refractivity (Wildman–Crippen MR) is 68.2 cm³/mol. The summed E-state index contributed by atoms with van der Waals surface area (Å²) in [5.74, 6) is 1.13. The lowest BCUT2D eigenvalue weighted by molar-refractivity contribution is 0.867. The van der Waals surface area contributed by atoms with E-state index in [-0.39, 0.29) is 0 Å². The Labute approximate surface area is 96.1 Å². The van der Waals surface area contributed by atoms with Crippen LogP contribution >= 0.6 is 0 Å². The maximum Gasteiger partial charge on any atom is 0.123 e. The molecule has 0 bridgehead atoms. The van der Waals surface area contributed by atoms with E-state index in [2.05, 4.69) is 43.1 Å². The minimum absolute atomic E-state index is 0.558. The quantitative estimate of drug-likeness (QED) is 0.828. The Bertz CT molecular complexity index is 455. The summed E-state index contributed by atoms with van der Waals surface area (Å²) in [6, 6.07) is 12.4. The SMILES string of the molecule is CC(C)c1ccc(-c2ccc(N)nc2)cc1. The molecule has 16 heavy (non-hydrogen) atoms. The average Bonchev–Trinajstić information content (AvgIpc) is 2.30. The molecule has 0 aliphatic carbocycles. The van der Waals surface area contributed by atoms with Gasteiger partial charge < -0.3 is 5.73 Å². The van der Waals surface area contributed by atoms with Gasteiger partial charge in [0.2, 0.25) is 0 Å². The van der Waals surface area contributed by atoms with Crippen molar-refractivity contribution >= 4 is 5.82 Å². The van der Waals surface area contributed by atoms with Crippen LogP contribution in [-0.4, -0.2) is 4.98 Å². The topological polar surface area (TPSA) is 38.9 Å². The van der Waals surface area contributed by atoms with Crippen LogP contribution in [0.2, 0.25) is 0 Å². The Balaban J connectivity index is 2.31. The molecule has 1 aromatic heterocycles. The van der Waals surface area contributed by atoms with Gasteiger partial charge in [-0.3, -0.25) is 0 Å². The second-order valence-corrected chi connectivity index (χ2v) is 4.25. The van der Waals surface area contributed by atoms with Crippen LogP contribution in [0.15, 0.2) is 42.6 Å². The van der Waals surface area contributed by atoms with E-state index in [1.165, 1.54) is 11.1 Å². The van der Waals surface area contributed by atoms with Crippen LogP contribution in [0, 0.1) is 0 Å². The fraction of sp³-hybridized carbons (Fsp3) is 0.214. The molecular formula is C14H16N2. The van der Waals surface area contributed by atoms with Gasteiger partial charge in [0.25, 0.3) is 0 Å². The van der Waals surface area contributed by atoms with Crippen molar-refractivity contribution in [2.75, 3.05) is 5.73 Å². The van der Waals surface area contributed by atoms with Crippen LogP contribution in [0.5, 0.6) is 0 Å². The summed E-state index contributed by atoms with van der Waals surface area (Å²) in [5, 5.41) is 0. The van der Waals surface area contributed by atoms with E-state index in [0.717, 1.165) is 5.56 Å². The first-order valence-corrected chi connectivity index (χ1v) is 5.48. The first kappa shape index (κ1) is 10.7. The van der Waals surface area contributed by atoms with Gasteiger partial charge in [-0.15, -0.1) is 0 Å². The second kappa shape index (κ2) is 4.35. The molecule has 0 saturated carbocycles. The summed E-state index contributed by atoms with van der Waals surface area (Å²) in [6.07, 6.45) is 1.81. The number of benzene rings is 1. The number of hydrogen-bond donors (Lipinski definition) is 1. The number of hydrogen-bond acceptors (Lipinski definition) is 2. The molecule has 2 nitrogen and oxygen atoms in total. The summed E-state index contributed by atoms with van der Waals surface area (Å²) in [7, 11) is 0. The largest absolute Gasteiger partial charge is 0.384 e. The highest BCUT2D eigenvalue weighted by Crippen LogP contribution is 2.22. The molecule has 0 fully saturated rings. The fourth-order valence-corrected chi connectivity index (χ4v) is 1.64. The standard InChI is InChI=1S/C14H16N2/c1-10(2)11-3-5-12(6-4-11)13-7-8-14(15)16-9-13/h3-10H,1-2H3,(H2,15,16). The molecule has 0 amide bonds. The third-order valence-electron chi connectivity index (χ3n) is 2.70. The van der Waals surface area contributed by atoms with Gasteiger partial charge in [-0.25, -0.2) is 4.98 Å². The average molecular weight is 212 g/mol. The minimum atomic E-state index is 0.558. The molecule has 0 radical (unpaired) electrons. The third kappa shape index (κ3) is 2.22.